The van der Waals surface area contributed by atoms with E-state index in [1.807, 2.05) is 73.1 Å². The average molecular weight is 443 g/mol. The molecule has 1 N–H and O–H groups in total. The smallest absolute Gasteiger partial charge is 0.266 e. The van der Waals surface area contributed by atoms with Crippen LogP contribution in [-0.4, -0.2) is 47.6 Å². The summed E-state index contributed by atoms with van der Waals surface area (Å²) in [4.78, 5) is 27.4. The minimum atomic E-state index is -0.467. The zero-order valence-electron chi connectivity index (χ0n) is 18.8. The van der Waals surface area contributed by atoms with Crippen LogP contribution in [0.3, 0.4) is 0 Å². The van der Waals surface area contributed by atoms with Crippen molar-refractivity contribution in [3.63, 3.8) is 0 Å². The molecule has 0 radical (unpaired) electrons. The maximum Gasteiger partial charge on any atom is 0.266 e. The van der Waals surface area contributed by atoms with Crippen molar-refractivity contribution < 1.29 is 14.3 Å². The molecule has 0 saturated carbocycles. The molecule has 2 aromatic carbocycles. The van der Waals surface area contributed by atoms with E-state index in [2.05, 4.69) is 5.32 Å². The molecule has 2 amide bonds. The fourth-order valence-electron chi connectivity index (χ4n) is 4.03. The van der Waals surface area contributed by atoms with Gasteiger partial charge in [0.15, 0.2) is 0 Å². The molecule has 0 bridgehead atoms. The van der Waals surface area contributed by atoms with Crippen LogP contribution in [0, 0.1) is 25.2 Å². The molecule has 0 atom stereocenters. The van der Waals surface area contributed by atoms with Crippen molar-refractivity contribution in [1.29, 1.82) is 5.26 Å². The van der Waals surface area contributed by atoms with Crippen LogP contribution < -0.4 is 5.32 Å². The van der Waals surface area contributed by atoms with E-state index in [0.717, 1.165) is 22.0 Å². The number of rotatable bonds is 5. The summed E-state index contributed by atoms with van der Waals surface area (Å²) in [5.41, 5.74) is 4.28. The molecule has 7 heteroatoms. The number of benzene rings is 2. The van der Waals surface area contributed by atoms with Crippen LogP contribution in [-0.2, 0) is 20.9 Å². The topological polar surface area (TPSA) is 87.4 Å². The Kier molecular flexibility index (Phi) is 6.57. The predicted octanol–water partition coefficient (Wildman–Crippen LogP) is 3.66. The summed E-state index contributed by atoms with van der Waals surface area (Å²) in [7, 11) is 0. The Balaban J connectivity index is 1.62. The van der Waals surface area contributed by atoms with Gasteiger partial charge in [-0.1, -0.05) is 35.9 Å². The maximum atomic E-state index is 12.8. The summed E-state index contributed by atoms with van der Waals surface area (Å²) in [5.74, 6) is -0.451. The lowest BCUT2D eigenvalue weighted by atomic mass is 10.1. The van der Waals surface area contributed by atoms with Crippen LogP contribution in [0.1, 0.15) is 16.7 Å². The number of ether oxygens (including phenoxy) is 1. The molecule has 0 unspecified atom stereocenters. The van der Waals surface area contributed by atoms with Crippen molar-refractivity contribution in [1.82, 2.24) is 9.47 Å². The first-order chi connectivity index (χ1) is 16.0. The van der Waals surface area contributed by atoms with E-state index in [9.17, 15) is 14.9 Å². The van der Waals surface area contributed by atoms with Gasteiger partial charge in [-0.3, -0.25) is 9.59 Å². The number of para-hydroxylation sites is 1. The van der Waals surface area contributed by atoms with Crippen molar-refractivity contribution in [2.45, 2.75) is 20.4 Å². The summed E-state index contributed by atoms with van der Waals surface area (Å²) in [6, 6.07) is 15.4. The van der Waals surface area contributed by atoms with E-state index in [-0.39, 0.29) is 18.0 Å². The Morgan fingerprint density at radius 1 is 1.15 bits per heavy atom. The molecule has 0 spiro atoms. The van der Waals surface area contributed by atoms with Crippen LogP contribution in [0.25, 0.3) is 17.0 Å². The van der Waals surface area contributed by atoms with Crippen molar-refractivity contribution in [3.8, 4) is 6.07 Å². The van der Waals surface area contributed by atoms with Gasteiger partial charge in [0.2, 0.25) is 5.91 Å². The monoisotopic (exact) mass is 442 g/mol. The van der Waals surface area contributed by atoms with Gasteiger partial charge in [-0.15, -0.1) is 0 Å². The molecule has 1 aromatic heterocycles. The van der Waals surface area contributed by atoms with Gasteiger partial charge in [0, 0.05) is 41.4 Å². The highest BCUT2D eigenvalue weighted by Crippen LogP contribution is 2.25. The fourth-order valence-corrected chi connectivity index (χ4v) is 4.03. The second kappa shape index (κ2) is 9.72. The van der Waals surface area contributed by atoms with Crippen LogP contribution in [0.2, 0.25) is 0 Å². The molecular formula is C26H26N4O3. The number of aromatic nitrogens is 1. The number of carbonyl (C=O) groups excluding carboxylic acids is 2. The number of carbonyl (C=O) groups is 2. The highest BCUT2D eigenvalue weighted by molar-refractivity contribution is 6.11. The summed E-state index contributed by atoms with van der Waals surface area (Å²) in [6.45, 7) is 6.35. The maximum absolute atomic E-state index is 12.8. The summed E-state index contributed by atoms with van der Waals surface area (Å²) in [5, 5.41) is 13.4. The first kappa shape index (κ1) is 22.3. The minimum absolute atomic E-state index is 0.00242. The SMILES string of the molecule is Cc1ccc(NC(=O)/C(C#N)=C/c2cn(CC(=O)N3CCOCC3)c3ccccc23)c(C)c1. The molecule has 1 aliphatic rings. The Hall–Kier alpha value is -3.89. The number of hydrogen-bond donors (Lipinski definition) is 1. The minimum Gasteiger partial charge on any atom is -0.378 e. The number of amides is 2. The van der Waals surface area contributed by atoms with Gasteiger partial charge in [-0.05, 0) is 37.6 Å². The highest BCUT2D eigenvalue weighted by atomic mass is 16.5. The number of nitrogens with zero attached hydrogens (tertiary/aromatic N) is 3. The number of aryl methyl sites for hydroxylation is 2. The summed E-state index contributed by atoms with van der Waals surface area (Å²) < 4.78 is 7.20. The molecule has 3 aromatic rings. The number of fused-ring (bicyclic) bond motifs is 1. The van der Waals surface area contributed by atoms with Gasteiger partial charge in [0.25, 0.3) is 5.91 Å². The van der Waals surface area contributed by atoms with Crippen LogP contribution in [0.5, 0.6) is 0 Å². The zero-order chi connectivity index (χ0) is 23.4. The van der Waals surface area contributed by atoms with Gasteiger partial charge >= 0.3 is 0 Å². The lowest BCUT2D eigenvalue weighted by Gasteiger charge is -2.27. The number of anilines is 1. The summed E-state index contributed by atoms with van der Waals surface area (Å²) in [6.07, 6.45) is 3.40. The molecule has 7 nitrogen and oxygen atoms in total. The molecule has 0 aliphatic carbocycles. The lowest BCUT2D eigenvalue weighted by Crippen LogP contribution is -2.42. The zero-order valence-corrected chi connectivity index (χ0v) is 18.8. The van der Waals surface area contributed by atoms with E-state index in [0.29, 0.717) is 37.6 Å². The van der Waals surface area contributed by atoms with E-state index >= 15 is 0 Å². The van der Waals surface area contributed by atoms with Crippen LogP contribution >= 0.6 is 0 Å². The number of morpholine rings is 1. The molecule has 168 valence electrons. The third kappa shape index (κ3) is 4.97. The molecule has 4 rings (SSSR count). The van der Waals surface area contributed by atoms with Gasteiger partial charge in [-0.2, -0.15) is 5.26 Å². The molecule has 33 heavy (non-hydrogen) atoms. The Morgan fingerprint density at radius 2 is 1.91 bits per heavy atom. The quantitative estimate of drug-likeness (QED) is 0.483. The third-order valence-electron chi connectivity index (χ3n) is 5.78. The van der Waals surface area contributed by atoms with E-state index < -0.39 is 5.91 Å². The molecule has 1 fully saturated rings. The van der Waals surface area contributed by atoms with Crippen molar-refractivity contribution in [3.05, 3.63) is 70.9 Å². The molecule has 1 saturated heterocycles. The first-order valence-corrected chi connectivity index (χ1v) is 10.9. The van der Waals surface area contributed by atoms with Crippen molar-refractivity contribution >= 4 is 34.5 Å². The molecule has 1 aliphatic heterocycles. The fraction of sp³-hybridized carbons (Fsp3) is 0.269. The largest absolute Gasteiger partial charge is 0.378 e. The van der Waals surface area contributed by atoms with Crippen molar-refractivity contribution in [2.24, 2.45) is 0 Å². The second-order valence-electron chi connectivity index (χ2n) is 8.16. The van der Waals surface area contributed by atoms with Gasteiger partial charge in [0.1, 0.15) is 18.2 Å². The number of hydrogen-bond acceptors (Lipinski definition) is 4. The van der Waals surface area contributed by atoms with E-state index in [1.54, 1.807) is 11.0 Å². The normalized spacial score (nSPS) is 14.2. The Bertz CT molecular complexity index is 1280. The third-order valence-corrected chi connectivity index (χ3v) is 5.78. The summed E-state index contributed by atoms with van der Waals surface area (Å²) >= 11 is 0. The van der Waals surface area contributed by atoms with E-state index in [4.69, 9.17) is 4.74 Å². The average Bonchev–Trinajstić information content (AvgIpc) is 3.17. The van der Waals surface area contributed by atoms with E-state index in [1.165, 1.54) is 0 Å². The van der Waals surface area contributed by atoms with Gasteiger partial charge in [-0.25, -0.2) is 0 Å². The Labute approximate surface area is 192 Å². The highest BCUT2D eigenvalue weighted by Gasteiger charge is 2.19. The standard InChI is InChI=1S/C26H26N4O3/c1-18-7-8-23(19(2)13-18)28-26(32)20(15-27)14-21-16-30(24-6-4-3-5-22(21)24)17-25(31)29-9-11-33-12-10-29/h3-8,13-14,16H,9-12,17H2,1-2H3,(H,28,32)/b20-14+. The molecule has 2 heterocycles. The second-order valence-corrected chi connectivity index (χ2v) is 8.16. The van der Waals surface area contributed by atoms with Crippen LogP contribution in [0.4, 0.5) is 5.69 Å². The number of nitriles is 1. The first-order valence-electron chi connectivity index (χ1n) is 10.9. The van der Waals surface area contributed by atoms with Crippen molar-refractivity contribution in [2.75, 3.05) is 31.6 Å². The van der Waals surface area contributed by atoms with Crippen LogP contribution in [0.15, 0.2) is 54.2 Å². The van der Waals surface area contributed by atoms with Gasteiger partial charge < -0.3 is 19.5 Å². The Morgan fingerprint density at radius 3 is 2.64 bits per heavy atom. The number of nitrogens with one attached hydrogen (secondary N) is 1. The lowest BCUT2D eigenvalue weighted by molar-refractivity contribution is -0.135. The predicted molar refractivity (Wildman–Crippen MR) is 127 cm³/mol. The van der Waals surface area contributed by atoms with Gasteiger partial charge in [0.05, 0.1) is 13.2 Å². The molecular weight excluding hydrogens is 416 g/mol.